The Bertz CT molecular complexity index is 1940. The number of hydrogen-bond acceptors (Lipinski definition) is 8. The van der Waals surface area contributed by atoms with E-state index < -0.39 is 10.0 Å². The molecule has 12 heteroatoms. The smallest absolute Gasteiger partial charge is 0.266 e. The first kappa shape index (κ1) is 29.7. The molecule has 45 heavy (non-hydrogen) atoms. The van der Waals surface area contributed by atoms with Crippen LogP contribution in [-0.4, -0.2) is 57.5 Å². The van der Waals surface area contributed by atoms with Crippen molar-refractivity contribution in [2.75, 3.05) is 19.9 Å². The first-order chi connectivity index (χ1) is 21.8. The lowest BCUT2D eigenvalue weighted by atomic mass is 10.0. The molecule has 1 amide bonds. The van der Waals surface area contributed by atoms with Crippen LogP contribution >= 0.6 is 24.0 Å². The van der Waals surface area contributed by atoms with E-state index in [-0.39, 0.29) is 17.6 Å². The Balaban J connectivity index is 1.23. The van der Waals surface area contributed by atoms with Crippen molar-refractivity contribution in [3.05, 3.63) is 95.0 Å². The number of benzene rings is 3. The summed E-state index contributed by atoms with van der Waals surface area (Å²) >= 11 is 6.85. The maximum absolute atomic E-state index is 13.7. The van der Waals surface area contributed by atoms with Crippen molar-refractivity contribution in [2.24, 2.45) is 5.92 Å². The predicted molar refractivity (Wildman–Crippen MR) is 177 cm³/mol. The van der Waals surface area contributed by atoms with Gasteiger partial charge in [-0.25, -0.2) is 13.1 Å². The van der Waals surface area contributed by atoms with Crippen LogP contribution < -0.4 is 9.47 Å². The number of para-hydroxylation sites is 1. The fourth-order valence-electron chi connectivity index (χ4n) is 5.75. The highest BCUT2D eigenvalue weighted by Gasteiger charge is 2.33. The number of amides is 1. The molecule has 2 fully saturated rings. The van der Waals surface area contributed by atoms with Gasteiger partial charge >= 0.3 is 0 Å². The second-order valence-corrected chi connectivity index (χ2v) is 14.9. The lowest BCUT2D eigenvalue weighted by molar-refractivity contribution is -0.122. The standard InChI is InChI=1S/C33H30N4O5S3/c1-22-7-6-14-35(18-22)45(39,40)27-11-5-8-24(16-27)31-25(20-37(34-31)26-9-3-2-4-10-26)17-30-32(38)36(33(43)44-30)19-23-12-13-28-29(15-23)42-21-41-28/h2-5,8-13,15-17,20,22H,6-7,14,18-19,21H2,1H3. The van der Waals surface area contributed by atoms with Crippen LogP contribution in [-0.2, 0) is 21.4 Å². The molecule has 3 aromatic carbocycles. The highest BCUT2D eigenvalue weighted by Crippen LogP contribution is 2.38. The number of thioether (sulfide) groups is 1. The maximum atomic E-state index is 13.7. The van der Waals surface area contributed by atoms with Gasteiger partial charge in [0, 0.05) is 30.4 Å². The van der Waals surface area contributed by atoms with Crippen molar-refractivity contribution in [1.82, 2.24) is 19.0 Å². The predicted octanol–water partition coefficient (Wildman–Crippen LogP) is 6.09. The Hall–Kier alpha value is -3.97. The van der Waals surface area contributed by atoms with Gasteiger partial charge in [-0.05, 0) is 66.8 Å². The molecule has 3 aliphatic heterocycles. The number of aromatic nitrogens is 2. The molecule has 1 unspecified atom stereocenters. The summed E-state index contributed by atoms with van der Waals surface area (Å²) in [5.41, 5.74) is 3.57. The molecule has 0 N–H and O–H groups in total. The van der Waals surface area contributed by atoms with E-state index in [9.17, 15) is 13.2 Å². The van der Waals surface area contributed by atoms with Crippen LogP contribution in [0, 0.1) is 5.92 Å². The summed E-state index contributed by atoms with van der Waals surface area (Å²) in [5.74, 6) is 1.42. The molecular weight excluding hydrogens is 629 g/mol. The van der Waals surface area contributed by atoms with Gasteiger partial charge in [0.2, 0.25) is 16.8 Å². The van der Waals surface area contributed by atoms with Gasteiger partial charge in [-0.1, -0.05) is 67.3 Å². The van der Waals surface area contributed by atoms with Crippen LogP contribution in [0.25, 0.3) is 23.0 Å². The van der Waals surface area contributed by atoms with Crippen molar-refractivity contribution >= 4 is 50.3 Å². The van der Waals surface area contributed by atoms with Crippen LogP contribution in [0.5, 0.6) is 11.5 Å². The van der Waals surface area contributed by atoms with Gasteiger partial charge in [-0.3, -0.25) is 9.69 Å². The van der Waals surface area contributed by atoms with Crippen molar-refractivity contribution in [1.29, 1.82) is 0 Å². The van der Waals surface area contributed by atoms with Gasteiger partial charge in [0.05, 0.1) is 22.0 Å². The highest BCUT2D eigenvalue weighted by molar-refractivity contribution is 8.26. The molecule has 9 nitrogen and oxygen atoms in total. The summed E-state index contributed by atoms with van der Waals surface area (Å²) in [6.45, 7) is 3.57. The fraction of sp³-hybridized carbons (Fsp3) is 0.242. The molecule has 1 atom stereocenters. The molecule has 7 rings (SSSR count). The number of carbonyl (C=O) groups is 1. The Kier molecular flexibility index (Phi) is 7.98. The molecular formula is C33H30N4O5S3. The SMILES string of the molecule is CC1CCCN(S(=O)(=O)c2cccc(-c3nn(-c4ccccc4)cc3C=C3SC(=S)N(Cc4ccc5c(c4)OCO5)C3=O)c2)C1. The van der Waals surface area contributed by atoms with E-state index in [2.05, 4.69) is 6.92 Å². The van der Waals surface area contributed by atoms with E-state index in [0.29, 0.717) is 63.1 Å². The van der Waals surface area contributed by atoms with E-state index in [1.807, 2.05) is 60.8 Å². The molecule has 4 aromatic rings. The second-order valence-electron chi connectivity index (χ2n) is 11.3. The van der Waals surface area contributed by atoms with Crippen molar-refractivity contribution in [3.63, 3.8) is 0 Å². The first-order valence-corrected chi connectivity index (χ1v) is 17.3. The monoisotopic (exact) mass is 658 g/mol. The van der Waals surface area contributed by atoms with E-state index in [4.69, 9.17) is 26.8 Å². The topological polar surface area (TPSA) is 94.0 Å². The number of fused-ring (bicyclic) bond motifs is 1. The fourth-order valence-corrected chi connectivity index (χ4v) is 8.64. The van der Waals surface area contributed by atoms with Crippen LogP contribution in [0.3, 0.4) is 0 Å². The summed E-state index contributed by atoms with van der Waals surface area (Å²) in [6, 6.07) is 22.1. The molecule has 0 aliphatic carbocycles. The maximum Gasteiger partial charge on any atom is 0.266 e. The number of piperidine rings is 1. The third-order valence-electron chi connectivity index (χ3n) is 8.07. The molecule has 3 aliphatic rings. The zero-order valence-electron chi connectivity index (χ0n) is 24.5. The first-order valence-electron chi connectivity index (χ1n) is 14.7. The summed E-state index contributed by atoms with van der Waals surface area (Å²) in [4.78, 5) is 15.9. The minimum atomic E-state index is -3.68. The summed E-state index contributed by atoms with van der Waals surface area (Å²) in [6.07, 6.45) is 5.50. The van der Waals surface area contributed by atoms with Gasteiger partial charge in [-0.15, -0.1) is 0 Å². The average Bonchev–Trinajstić information content (AvgIpc) is 3.76. The molecule has 0 spiro atoms. The van der Waals surface area contributed by atoms with E-state index in [0.717, 1.165) is 24.1 Å². The third-order valence-corrected chi connectivity index (χ3v) is 11.3. The van der Waals surface area contributed by atoms with Crippen LogP contribution in [0.15, 0.2) is 88.8 Å². The Morgan fingerprint density at radius 2 is 1.87 bits per heavy atom. The molecule has 1 aromatic heterocycles. The summed E-state index contributed by atoms with van der Waals surface area (Å²) in [7, 11) is -3.68. The quantitative estimate of drug-likeness (QED) is 0.174. The lowest BCUT2D eigenvalue weighted by Gasteiger charge is -2.30. The van der Waals surface area contributed by atoms with Gasteiger partial charge in [0.15, 0.2) is 11.5 Å². The molecule has 4 heterocycles. The van der Waals surface area contributed by atoms with Crippen LogP contribution in [0.1, 0.15) is 30.9 Å². The van der Waals surface area contributed by atoms with E-state index >= 15 is 0 Å². The normalized spacial score (nSPS) is 19.5. The highest BCUT2D eigenvalue weighted by atomic mass is 32.2. The van der Waals surface area contributed by atoms with Crippen molar-refractivity contribution < 1.29 is 22.7 Å². The van der Waals surface area contributed by atoms with Gasteiger partial charge in [0.25, 0.3) is 5.91 Å². The second kappa shape index (κ2) is 12.1. The number of carbonyl (C=O) groups excluding carboxylic acids is 1. The zero-order chi connectivity index (χ0) is 31.1. The van der Waals surface area contributed by atoms with Crippen molar-refractivity contribution in [3.8, 4) is 28.4 Å². The van der Waals surface area contributed by atoms with Gasteiger partial charge in [0.1, 0.15) is 10.0 Å². The largest absolute Gasteiger partial charge is 0.454 e. The minimum absolute atomic E-state index is 0.174. The number of thiocarbonyl (C=S) groups is 1. The third kappa shape index (κ3) is 5.90. The summed E-state index contributed by atoms with van der Waals surface area (Å²) in [5, 5.41) is 4.88. The van der Waals surface area contributed by atoms with Crippen LogP contribution in [0.2, 0.25) is 0 Å². The Morgan fingerprint density at radius 1 is 1.04 bits per heavy atom. The number of nitrogens with zero attached hydrogens (tertiary/aromatic N) is 4. The van der Waals surface area contributed by atoms with Gasteiger partial charge in [-0.2, -0.15) is 9.40 Å². The number of ether oxygens (including phenoxy) is 2. The van der Waals surface area contributed by atoms with E-state index in [1.54, 1.807) is 38.2 Å². The Morgan fingerprint density at radius 3 is 2.69 bits per heavy atom. The Labute approximate surface area is 271 Å². The van der Waals surface area contributed by atoms with Gasteiger partial charge < -0.3 is 9.47 Å². The molecule has 0 saturated carbocycles. The lowest BCUT2D eigenvalue weighted by Crippen LogP contribution is -2.39. The molecule has 2 saturated heterocycles. The minimum Gasteiger partial charge on any atom is -0.454 e. The zero-order valence-corrected chi connectivity index (χ0v) is 26.9. The average molecular weight is 659 g/mol. The molecule has 0 bridgehead atoms. The molecule has 230 valence electrons. The number of sulfonamides is 1. The number of hydrogen-bond donors (Lipinski definition) is 0. The molecule has 0 radical (unpaired) electrons. The van der Waals surface area contributed by atoms with Crippen molar-refractivity contribution in [2.45, 2.75) is 31.2 Å². The van der Waals surface area contributed by atoms with Crippen LogP contribution in [0.4, 0.5) is 0 Å². The number of rotatable bonds is 7. The summed E-state index contributed by atoms with van der Waals surface area (Å²) < 4.78 is 41.9. The van der Waals surface area contributed by atoms with E-state index in [1.165, 1.54) is 11.8 Å².